The first-order valence-corrected chi connectivity index (χ1v) is 8.75. The number of hydrogen-bond acceptors (Lipinski definition) is 3. The first-order chi connectivity index (χ1) is 11.1. The highest BCUT2D eigenvalue weighted by molar-refractivity contribution is 5.67. The maximum atomic E-state index is 12.2. The van der Waals surface area contributed by atoms with Crippen molar-refractivity contribution in [3.63, 3.8) is 0 Å². The molecule has 1 spiro atoms. The van der Waals surface area contributed by atoms with Crippen LogP contribution in [0, 0.1) is 11.3 Å². The Morgan fingerprint density at radius 2 is 1.91 bits per heavy atom. The van der Waals surface area contributed by atoms with Crippen molar-refractivity contribution in [3.05, 3.63) is 35.9 Å². The summed E-state index contributed by atoms with van der Waals surface area (Å²) in [6, 6.07) is 10.2. The van der Waals surface area contributed by atoms with Crippen LogP contribution in [0.4, 0.5) is 4.79 Å². The van der Waals surface area contributed by atoms with Gasteiger partial charge in [-0.1, -0.05) is 30.3 Å². The van der Waals surface area contributed by atoms with Crippen LogP contribution in [0.1, 0.15) is 44.1 Å². The van der Waals surface area contributed by atoms with Crippen LogP contribution in [0.15, 0.2) is 30.3 Å². The zero-order valence-corrected chi connectivity index (χ0v) is 14.0. The van der Waals surface area contributed by atoms with Gasteiger partial charge < -0.3 is 15.4 Å². The Kier molecular flexibility index (Phi) is 4.90. The van der Waals surface area contributed by atoms with Gasteiger partial charge >= 0.3 is 6.09 Å². The van der Waals surface area contributed by atoms with Gasteiger partial charge in [0.15, 0.2) is 0 Å². The molecule has 1 amide bonds. The molecular formula is C19H28N2O2. The lowest BCUT2D eigenvalue weighted by atomic mass is 9.55. The zero-order chi connectivity index (χ0) is 16.3. The molecule has 1 aromatic carbocycles. The Morgan fingerprint density at radius 1 is 1.26 bits per heavy atom. The lowest BCUT2D eigenvalue weighted by molar-refractivity contribution is -0.00633. The maximum absolute atomic E-state index is 12.2. The van der Waals surface area contributed by atoms with Gasteiger partial charge in [0.1, 0.15) is 6.61 Å². The quantitative estimate of drug-likeness (QED) is 0.924. The monoisotopic (exact) mass is 316 g/mol. The molecule has 126 valence electrons. The van der Waals surface area contributed by atoms with Crippen molar-refractivity contribution >= 4 is 6.09 Å². The third-order valence-electron chi connectivity index (χ3n) is 5.83. The van der Waals surface area contributed by atoms with E-state index in [4.69, 9.17) is 10.5 Å². The lowest BCUT2D eigenvalue weighted by Crippen LogP contribution is -2.47. The first kappa shape index (κ1) is 16.3. The van der Waals surface area contributed by atoms with E-state index in [-0.39, 0.29) is 6.09 Å². The molecule has 1 aromatic rings. The summed E-state index contributed by atoms with van der Waals surface area (Å²) in [6.45, 7) is 1.18. The van der Waals surface area contributed by atoms with Crippen molar-refractivity contribution in [1.29, 1.82) is 0 Å². The molecule has 23 heavy (non-hydrogen) atoms. The number of rotatable bonds is 4. The minimum absolute atomic E-state index is 0.205. The second-order valence-electron chi connectivity index (χ2n) is 7.39. The van der Waals surface area contributed by atoms with Crippen LogP contribution < -0.4 is 5.73 Å². The van der Waals surface area contributed by atoms with E-state index in [0.29, 0.717) is 18.1 Å². The van der Waals surface area contributed by atoms with Crippen LogP contribution in [0.25, 0.3) is 0 Å². The van der Waals surface area contributed by atoms with E-state index >= 15 is 0 Å². The summed E-state index contributed by atoms with van der Waals surface area (Å²) in [5.74, 6) is 0.736. The lowest BCUT2D eigenvalue weighted by Gasteiger charge is -2.52. The van der Waals surface area contributed by atoms with Crippen molar-refractivity contribution in [2.75, 3.05) is 13.6 Å². The largest absolute Gasteiger partial charge is 0.445 e. The van der Waals surface area contributed by atoms with Gasteiger partial charge in [-0.3, -0.25) is 0 Å². The van der Waals surface area contributed by atoms with Crippen molar-refractivity contribution in [2.24, 2.45) is 17.1 Å². The summed E-state index contributed by atoms with van der Waals surface area (Å²) in [5, 5.41) is 0. The molecule has 0 unspecified atom stereocenters. The predicted molar refractivity (Wildman–Crippen MR) is 90.9 cm³/mol. The molecule has 0 bridgehead atoms. The highest BCUT2D eigenvalue weighted by Gasteiger charge is 2.46. The van der Waals surface area contributed by atoms with E-state index in [0.717, 1.165) is 30.9 Å². The van der Waals surface area contributed by atoms with E-state index in [1.807, 2.05) is 37.4 Å². The molecule has 0 radical (unpaired) electrons. The Bertz CT molecular complexity index is 515. The molecule has 0 atom stereocenters. The summed E-state index contributed by atoms with van der Waals surface area (Å²) in [7, 11) is 1.87. The van der Waals surface area contributed by atoms with Crippen LogP contribution in [0.3, 0.4) is 0 Å². The van der Waals surface area contributed by atoms with Gasteiger partial charge in [0, 0.05) is 13.1 Å². The average Bonchev–Trinajstić information content (AvgIpc) is 2.58. The molecule has 2 aliphatic carbocycles. The predicted octanol–water partition coefficient (Wildman–Crippen LogP) is 3.55. The highest BCUT2D eigenvalue weighted by atomic mass is 16.6. The average molecular weight is 316 g/mol. The van der Waals surface area contributed by atoms with Crippen LogP contribution >= 0.6 is 0 Å². The molecule has 0 saturated heterocycles. The van der Waals surface area contributed by atoms with Gasteiger partial charge in [-0.15, -0.1) is 0 Å². The Balaban J connectivity index is 1.44. The maximum Gasteiger partial charge on any atom is 0.410 e. The fourth-order valence-corrected chi connectivity index (χ4v) is 4.31. The summed E-state index contributed by atoms with van der Waals surface area (Å²) < 4.78 is 5.44. The van der Waals surface area contributed by atoms with Crippen molar-refractivity contribution in [1.82, 2.24) is 4.90 Å². The van der Waals surface area contributed by atoms with Gasteiger partial charge in [-0.2, -0.15) is 0 Å². The van der Waals surface area contributed by atoms with Gasteiger partial charge in [0.05, 0.1) is 0 Å². The normalized spacial score (nSPS) is 29.8. The van der Waals surface area contributed by atoms with Gasteiger partial charge in [-0.25, -0.2) is 4.79 Å². The second-order valence-corrected chi connectivity index (χ2v) is 7.39. The van der Waals surface area contributed by atoms with E-state index < -0.39 is 0 Å². The third kappa shape index (κ3) is 3.69. The molecule has 2 N–H and O–H groups in total. The van der Waals surface area contributed by atoms with Crippen LogP contribution in [0.2, 0.25) is 0 Å². The van der Waals surface area contributed by atoms with Crippen molar-refractivity contribution in [3.8, 4) is 0 Å². The Labute approximate surface area is 139 Å². The van der Waals surface area contributed by atoms with Crippen molar-refractivity contribution in [2.45, 2.75) is 51.2 Å². The van der Waals surface area contributed by atoms with Gasteiger partial charge in [0.2, 0.25) is 0 Å². The Morgan fingerprint density at radius 3 is 2.52 bits per heavy atom. The number of nitrogens with two attached hydrogens (primary N) is 1. The fourth-order valence-electron chi connectivity index (χ4n) is 4.31. The number of nitrogens with zero attached hydrogens (tertiary/aromatic N) is 1. The first-order valence-electron chi connectivity index (χ1n) is 8.75. The molecular weight excluding hydrogens is 288 g/mol. The van der Waals surface area contributed by atoms with E-state index in [9.17, 15) is 4.79 Å². The molecule has 2 saturated carbocycles. The number of carbonyl (C=O) groups excluding carboxylic acids is 1. The van der Waals surface area contributed by atoms with E-state index in [2.05, 4.69) is 0 Å². The molecule has 2 aliphatic rings. The SMILES string of the molecule is CN(C(=O)OCc1ccccc1)C1CCC2(CC1)CC(CN)C2. The van der Waals surface area contributed by atoms with E-state index in [1.54, 1.807) is 4.90 Å². The smallest absolute Gasteiger partial charge is 0.410 e. The molecule has 2 fully saturated rings. The zero-order valence-electron chi connectivity index (χ0n) is 14.0. The standard InChI is InChI=1S/C19H28N2O2/c1-21(18(22)23-14-15-5-3-2-4-6-15)17-7-9-19(10-8-17)11-16(12-19)13-20/h2-6,16-17H,7-14,20H2,1H3. The summed E-state index contributed by atoms with van der Waals surface area (Å²) in [4.78, 5) is 14.0. The molecule has 4 nitrogen and oxygen atoms in total. The summed E-state index contributed by atoms with van der Waals surface area (Å²) >= 11 is 0. The molecule has 0 aromatic heterocycles. The Hall–Kier alpha value is -1.55. The fraction of sp³-hybridized carbons (Fsp3) is 0.632. The topological polar surface area (TPSA) is 55.6 Å². The minimum atomic E-state index is -0.205. The summed E-state index contributed by atoms with van der Waals surface area (Å²) in [5.41, 5.74) is 7.31. The number of amides is 1. The number of benzene rings is 1. The van der Waals surface area contributed by atoms with Crippen LogP contribution in [0.5, 0.6) is 0 Å². The van der Waals surface area contributed by atoms with Crippen LogP contribution in [-0.4, -0.2) is 30.6 Å². The molecule has 4 heteroatoms. The van der Waals surface area contributed by atoms with Gasteiger partial charge in [0.25, 0.3) is 0 Å². The van der Waals surface area contributed by atoms with E-state index in [1.165, 1.54) is 25.7 Å². The molecule has 0 aliphatic heterocycles. The second kappa shape index (κ2) is 6.91. The minimum Gasteiger partial charge on any atom is -0.445 e. The number of hydrogen-bond donors (Lipinski definition) is 1. The number of carbonyl (C=O) groups is 1. The molecule has 3 rings (SSSR count). The third-order valence-corrected chi connectivity index (χ3v) is 5.83. The van der Waals surface area contributed by atoms with Crippen LogP contribution in [-0.2, 0) is 11.3 Å². The highest BCUT2D eigenvalue weighted by Crippen LogP contribution is 2.54. The van der Waals surface area contributed by atoms with Crippen molar-refractivity contribution < 1.29 is 9.53 Å². The number of ether oxygens (including phenoxy) is 1. The van der Waals surface area contributed by atoms with Gasteiger partial charge in [-0.05, 0) is 62.0 Å². The summed E-state index contributed by atoms with van der Waals surface area (Å²) in [6.07, 6.45) is 7.01. The molecule has 0 heterocycles.